The fourth-order valence-corrected chi connectivity index (χ4v) is 4.85. The van der Waals surface area contributed by atoms with E-state index in [1.54, 1.807) is 24.3 Å². The van der Waals surface area contributed by atoms with Gasteiger partial charge < -0.3 is 25.1 Å². The number of hydrogen-bond acceptors (Lipinski definition) is 7. The van der Waals surface area contributed by atoms with E-state index in [9.17, 15) is 24.3 Å². The maximum Gasteiger partial charge on any atom is 0.354 e. The molecular formula is C19H22N2O7S. The lowest BCUT2D eigenvalue weighted by Crippen LogP contribution is -2.73. The molecule has 1 unspecified atom stereocenters. The van der Waals surface area contributed by atoms with Crippen LogP contribution < -0.4 is 5.32 Å². The molecule has 2 fully saturated rings. The van der Waals surface area contributed by atoms with Crippen molar-refractivity contribution in [1.82, 2.24) is 10.2 Å². The summed E-state index contributed by atoms with van der Waals surface area (Å²) < 4.78 is 5.52. The Hall–Kier alpha value is -2.43. The number of amides is 2. The Labute approximate surface area is 171 Å². The zero-order valence-corrected chi connectivity index (χ0v) is 16.3. The van der Waals surface area contributed by atoms with Crippen molar-refractivity contribution in [3.8, 4) is 0 Å². The minimum Gasteiger partial charge on any atom is -0.478 e. The molecule has 9 nitrogen and oxygen atoms in total. The van der Waals surface area contributed by atoms with E-state index >= 15 is 0 Å². The second-order valence-electron chi connectivity index (χ2n) is 6.84. The number of hydrogen-bond donors (Lipinski definition) is 3. The van der Waals surface area contributed by atoms with Crippen molar-refractivity contribution >= 4 is 35.8 Å². The summed E-state index contributed by atoms with van der Waals surface area (Å²) in [6.45, 7) is 0.526. The number of nitrogens with zero attached hydrogens (tertiary/aromatic N) is 1. The molecule has 2 amide bonds. The maximum absolute atomic E-state index is 12.5. The lowest BCUT2D eigenvalue weighted by atomic mass is 10.1. The number of aliphatic hydroxyl groups is 1. The van der Waals surface area contributed by atoms with E-state index in [1.807, 2.05) is 6.07 Å². The maximum atomic E-state index is 12.5. The van der Waals surface area contributed by atoms with E-state index in [1.165, 1.54) is 0 Å². The highest BCUT2D eigenvalue weighted by molar-refractivity contribution is 8.01. The molecule has 2 saturated heterocycles. The number of ether oxygens (including phenoxy) is 1. The average Bonchev–Trinajstić information content (AvgIpc) is 3.24. The van der Waals surface area contributed by atoms with Crippen LogP contribution in [0.25, 0.3) is 0 Å². The molecule has 0 bridgehead atoms. The van der Waals surface area contributed by atoms with Gasteiger partial charge >= 0.3 is 5.97 Å². The topological polar surface area (TPSA) is 133 Å². The number of carboxylic acid groups (broad SMARTS) is 1. The number of nitrogens with one attached hydrogen (secondary N) is 1. The molecule has 3 N–H and O–H groups in total. The van der Waals surface area contributed by atoms with Gasteiger partial charge in [-0.25, -0.2) is 4.79 Å². The Bertz CT molecular complexity index is 769. The van der Waals surface area contributed by atoms with Crippen molar-refractivity contribution in [3.05, 3.63) is 35.9 Å². The van der Waals surface area contributed by atoms with Gasteiger partial charge in [0.15, 0.2) is 0 Å². The predicted molar refractivity (Wildman–Crippen MR) is 103 cm³/mol. The van der Waals surface area contributed by atoms with Crippen LogP contribution in [-0.2, 0) is 30.3 Å². The molecule has 2 aliphatic rings. The number of likely N-dealkylation sites (tertiary alicyclic amines) is 1. The highest BCUT2D eigenvalue weighted by Gasteiger charge is 2.54. The number of β-lactam (4-membered cyclic amide) rings is 1. The van der Waals surface area contributed by atoms with Gasteiger partial charge in [-0.15, -0.1) is 11.8 Å². The number of carbonyl (C=O) groups is 4. The van der Waals surface area contributed by atoms with Gasteiger partial charge in [0, 0.05) is 6.61 Å². The Morgan fingerprint density at radius 3 is 2.66 bits per heavy atom. The fraction of sp³-hybridized carbons (Fsp3) is 0.474. The third kappa shape index (κ3) is 4.77. The normalized spacial score (nSPS) is 25.8. The Morgan fingerprint density at radius 2 is 2.07 bits per heavy atom. The monoisotopic (exact) mass is 422 g/mol. The minimum absolute atomic E-state index is 0.0480. The van der Waals surface area contributed by atoms with Crippen molar-refractivity contribution in [1.29, 1.82) is 0 Å². The number of benzene rings is 1. The number of carbonyl (C=O) groups excluding carboxylic acids is 3. The summed E-state index contributed by atoms with van der Waals surface area (Å²) in [7, 11) is 0. The number of aliphatic carboxylic acids is 1. The highest BCUT2D eigenvalue weighted by Crippen LogP contribution is 2.37. The number of aliphatic hydroxyl groups excluding tert-OH is 1. The molecule has 10 heteroatoms. The molecule has 0 radical (unpaired) electrons. The first-order chi connectivity index (χ1) is 13.9. The van der Waals surface area contributed by atoms with Crippen LogP contribution in [0, 0.1) is 0 Å². The van der Waals surface area contributed by atoms with E-state index in [0.29, 0.717) is 19.3 Å². The Kier molecular flexibility index (Phi) is 6.88. The number of rotatable bonds is 9. The largest absolute Gasteiger partial charge is 0.478 e. The lowest BCUT2D eigenvalue weighted by molar-refractivity contribution is -0.178. The van der Waals surface area contributed by atoms with Crippen LogP contribution in [0.4, 0.5) is 0 Å². The quantitative estimate of drug-likeness (QED) is 0.367. The summed E-state index contributed by atoms with van der Waals surface area (Å²) in [4.78, 5) is 48.3. The fourth-order valence-electron chi connectivity index (χ4n) is 3.38. The zero-order valence-electron chi connectivity index (χ0n) is 15.5. The zero-order chi connectivity index (χ0) is 21.0. The molecule has 29 heavy (non-hydrogen) atoms. The number of aldehydes is 1. The van der Waals surface area contributed by atoms with E-state index in [2.05, 4.69) is 5.32 Å². The van der Waals surface area contributed by atoms with E-state index in [4.69, 9.17) is 9.84 Å². The summed E-state index contributed by atoms with van der Waals surface area (Å²) in [6.07, 6.45) is -0.192. The van der Waals surface area contributed by atoms with Crippen molar-refractivity contribution in [2.24, 2.45) is 0 Å². The molecule has 2 heterocycles. The van der Waals surface area contributed by atoms with Gasteiger partial charge in [-0.2, -0.15) is 0 Å². The molecule has 1 aromatic rings. The highest BCUT2D eigenvalue weighted by atomic mass is 32.2. The van der Waals surface area contributed by atoms with Crippen molar-refractivity contribution in [2.75, 3.05) is 6.61 Å². The first-order valence-corrected chi connectivity index (χ1v) is 10.2. The van der Waals surface area contributed by atoms with E-state index in [0.717, 1.165) is 28.6 Å². The summed E-state index contributed by atoms with van der Waals surface area (Å²) in [5.74, 6) is -2.71. The van der Waals surface area contributed by atoms with Crippen molar-refractivity contribution < 1.29 is 34.1 Å². The van der Waals surface area contributed by atoms with Gasteiger partial charge in [0.05, 0.1) is 17.8 Å². The van der Waals surface area contributed by atoms with Gasteiger partial charge in [-0.05, 0) is 18.4 Å². The smallest absolute Gasteiger partial charge is 0.354 e. The van der Waals surface area contributed by atoms with E-state index < -0.39 is 40.7 Å². The first kappa shape index (κ1) is 21.3. The first-order valence-electron chi connectivity index (χ1n) is 9.21. The van der Waals surface area contributed by atoms with Crippen LogP contribution in [0.15, 0.2) is 30.3 Å². The van der Waals surface area contributed by atoms with Crippen molar-refractivity contribution in [3.63, 3.8) is 0 Å². The second-order valence-corrected chi connectivity index (χ2v) is 8.14. The Balaban J connectivity index is 1.71. The van der Waals surface area contributed by atoms with Gasteiger partial charge in [0.1, 0.15) is 17.7 Å². The molecule has 5 atom stereocenters. The third-order valence-electron chi connectivity index (χ3n) is 4.85. The van der Waals surface area contributed by atoms with Gasteiger partial charge in [0.2, 0.25) is 12.1 Å². The van der Waals surface area contributed by atoms with E-state index in [-0.39, 0.29) is 12.5 Å². The molecule has 0 saturated carbocycles. The lowest BCUT2D eigenvalue weighted by Gasteiger charge is -2.48. The third-order valence-corrected chi connectivity index (χ3v) is 6.36. The second kappa shape index (κ2) is 9.38. The molecule has 0 aliphatic carbocycles. The van der Waals surface area contributed by atoms with Crippen LogP contribution >= 0.6 is 11.8 Å². The molecule has 3 rings (SSSR count). The van der Waals surface area contributed by atoms with Crippen molar-refractivity contribution in [2.45, 2.75) is 48.3 Å². The summed E-state index contributed by atoms with van der Waals surface area (Å²) in [5, 5.41) is 20.0. The molecule has 2 aliphatic heterocycles. The summed E-state index contributed by atoms with van der Waals surface area (Å²) >= 11 is 1.02. The summed E-state index contributed by atoms with van der Waals surface area (Å²) in [5.41, 5.74) is 0.758. The predicted octanol–water partition coefficient (Wildman–Crippen LogP) is -0.235. The Morgan fingerprint density at radius 1 is 1.34 bits per heavy atom. The van der Waals surface area contributed by atoms with Crippen LogP contribution in [0.5, 0.6) is 0 Å². The van der Waals surface area contributed by atoms with Gasteiger partial charge in [0.25, 0.3) is 5.91 Å². The molecular weight excluding hydrogens is 400 g/mol. The average molecular weight is 422 g/mol. The molecule has 0 spiro atoms. The van der Waals surface area contributed by atoms with Gasteiger partial charge in [-0.1, -0.05) is 30.3 Å². The number of carboxylic acids is 1. The van der Waals surface area contributed by atoms with Crippen LogP contribution in [0.1, 0.15) is 18.4 Å². The molecule has 1 aromatic carbocycles. The minimum atomic E-state index is -2.06. The van der Waals surface area contributed by atoms with Crippen LogP contribution in [0.2, 0.25) is 0 Å². The number of thioether (sulfide) groups is 1. The standard InChI is InChI=1S/C19H22N2O7S/c22-10-13(12-7-4-8-28-12)29-18-15(16(24)21(18)17(25)19(26)27)20-14(23)9-11-5-2-1-3-6-11/h1-3,5-6,10,12-13,15,17-18,25H,4,7-9H2,(H,20,23)(H,26,27)/t12-,13?,15+,17-,18+/m0/s1. The van der Waals surface area contributed by atoms with Crippen LogP contribution in [-0.4, -0.2) is 74.8 Å². The van der Waals surface area contributed by atoms with Crippen LogP contribution in [0.3, 0.4) is 0 Å². The SMILES string of the molecule is O=CC(S[C@@H]1[C@H](NC(=O)Cc2ccccc2)C(=O)N1[C@@H](O)C(=O)O)[C@@H]1CCCO1. The molecule has 0 aromatic heterocycles. The van der Waals surface area contributed by atoms with Gasteiger partial charge in [-0.3, -0.25) is 14.5 Å². The summed E-state index contributed by atoms with van der Waals surface area (Å²) in [6, 6.07) is 7.91. The molecule has 156 valence electrons.